The van der Waals surface area contributed by atoms with Crippen LogP contribution in [0.25, 0.3) is 0 Å². The molecule has 49 valence electrons. The van der Waals surface area contributed by atoms with Gasteiger partial charge in [-0.2, -0.15) is 0 Å². The number of hydrogen-bond donors (Lipinski definition) is 1. The molecule has 2 aliphatic heterocycles. The largest absolute Gasteiger partial charge is 0.381 e. The third-order valence-electron chi connectivity index (χ3n) is 1.56. The first-order valence-electron chi connectivity index (χ1n) is 3.31. The van der Waals surface area contributed by atoms with Gasteiger partial charge in [-0.25, -0.2) is 0 Å². The smallest absolute Gasteiger partial charge is 0.251 e. The number of rotatable bonds is 0. The molecule has 2 aliphatic rings. The van der Waals surface area contributed by atoms with Gasteiger partial charge in [-0.15, -0.1) is 0 Å². The Kier molecular flexibility index (Phi) is 1.17. The van der Waals surface area contributed by atoms with Gasteiger partial charge >= 0.3 is 0 Å². The highest BCUT2D eigenvalue weighted by molar-refractivity contribution is 5.85. The van der Waals surface area contributed by atoms with Crippen LogP contribution in [0.4, 0.5) is 0 Å². The standard InChI is InChI=1S/C8H8N2/c1-2-7-6-9-5-3-8(7)10-4-1/h1-3,5-6,10H,4H2/q+1. The van der Waals surface area contributed by atoms with E-state index in [1.54, 1.807) is 6.20 Å². The van der Waals surface area contributed by atoms with Gasteiger partial charge in [0.05, 0.1) is 16.3 Å². The Morgan fingerprint density at radius 1 is 1.40 bits per heavy atom. The second-order valence-electron chi connectivity index (χ2n) is 2.25. The van der Waals surface area contributed by atoms with Crippen molar-refractivity contribution in [1.82, 2.24) is 10.3 Å². The minimum Gasteiger partial charge on any atom is -0.381 e. The van der Waals surface area contributed by atoms with Crippen molar-refractivity contribution in [3.8, 4) is 0 Å². The lowest BCUT2D eigenvalue weighted by atomic mass is 10.1. The topological polar surface area (TPSA) is 26.1 Å². The fourth-order valence-electron chi connectivity index (χ4n) is 1.06. The second-order valence-corrected chi connectivity index (χ2v) is 2.25. The van der Waals surface area contributed by atoms with Gasteiger partial charge in [0.15, 0.2) is 0 Å². The first-order chi connectivity index (χ1) is 4.97. The van der Waals surface area contributed by atoms with E-state index in [1.807, 2.05) is 12.3 Å². The van der Waals surface area contributed by atoms with Crippen molar-refractivity contribution in [2.75, 3.05) is 6.54 Å². The average molecular weight is 132 g/mol. The van der Waals surface area contributed by atoms with Crippen LogP contribution in [0.15, 0.2) is 35.7 Å². The molecule has 2 nitrogen and oxygen atoms in total. The van der Waals surface area contributed by atoms with Gasteiger partial charge < -0.3 is 5.32 Å². The van der Waals surface area contributed by atoms with Crippen molar-refractivity contribution in [1.29, 1.82) is 0 Å². The van der Waals surface area contributed by atoms with Crippen molar-refractivity contribution in [3.63, 3.8) is 0 Å². The van der Waals surface area contributed by atoms with Gasteiger partial charge in [-0.3, -0.25) is 0 Å². The maximum atomic E-state index is 4.01. The molecule has 2 heteroatoms. The van der Waals surface area contributed by atoms with E-state index in [1.165, 1.54) is 11.3 Å². The summed E-state index contributed by atoms with van der Waals surface area (Å²) in [7, 11) is 0. The molecule has 0 atom stereocenters. The lowest BCUT2D eigenvalue weighted by Gasteiger charge is -2.09. The van der Waals surface area contributed by atoms with E-state index in [0.717, 1.165) is 6.54 Å². The molecule has 0 unspecified atom stereocenters. The Morgan fingerprint density at radius 2 is 2.40 bits per heavy atom. The van der Waals surface area contributed by atoms with Crippen LogP contribution in [0.2, 0.25) is 0 Å². The quantitative estimate of drug-likeness (QED) is 0.505. The third-order valence-corrected chi connectivity index (χ3v) is 1.56. The van der Waals surface area contributed by atoms with Crippen LogP contribution in [-0.2, 0) is 0 Å². The van der Waals surface area contributed by atoms with Crippen molar-refractivity contribution in [2.24, 2.45) is 0 Å². The van der Waals surface area contributed by atoms with E-state index in [2.05, 4.69) is 22.5 Å². The molecule has 10 heavy (non-hydrogen) atoms. The van der Waals surface area contributed by atoms with Crippen molar-refractivity contribution in [3.05, 3.63) is 35.7 Å². The SMILES string of the molecule is C1=CC2=C(C=C[N+]=C2)NC1. The Labute approximate surface area is 59.7 Å². The zero-order valence-corrected chi connectivity index (χ0v) is 5.54. The molecule has 1 radical (unpaired) electrons. The fourth-order valence-corrected chi connectivity index (χ4v) is 1.06. The molecule has 0 aromatic carbocycles. The van der Waals surface area contributed by atoms with Gasteiger partial charge in [-0.05, 0) is 6.08 Å². The lowest BCUT2D eigenvalue weighted by molar-refractivity contribution is 0.909. The number of aliphatic imine (C=N–C) groups is 1. The van der Waals surface area contributed by atoms with Gasteiger partial charge in [0, 0.05) is 12.6 Å². The first-order valence-corrected chi connectivity index (χ1v) is 3.31. The molecule has 2 rings (SSSR count). The molecule has 0 fully saturated rings. The minimum atomic E-state index is 0.928. The van der Waals surface area contributed by atoms with Crippen LogP contribution in [0, 0.1) is 0 Å². The number of nitrogens with zero attached hydrogens (tertiary/aromatic N) is 1. The van der Waals surface area contributed by atoms with Crippen LogP contribution in [-0.4, -0.2) is 12.8 Å². The summed E-state index contributed by atoms with van der Waals surface area (Å²) in [6, 6.07) is 0. The van der Waals surface area contributed by atoms with Crippen LogP contribution in [0.3, 0.4) is 0 Å². The predicted octanol–water partition coefficient (Wildman–Crippen LogP) is 0.334. The van der Waals surface area contributed by atoms with E-state index in [9.17, 15) is 0 Å². The summed E-state index contributed by atoms with van der Waals surface area (Å²) in [5, 5.41) is 3.24. The number of nitrogens with one attached hydrogen (secondary N) is 1. The highest BCUT2D eigenvalue weighted by Gasteiger charge is 2.10. The zero-order chi connectivity index (χ0) is 6.81. The molecule has 0 amide bonds. The summed E-state index contributed by atoms with van der Waals surface area (Å²) in [6.45, 7) is 0.928. The number of dihydropyridines is 1. The predicted molar refractivity (Wildman–Crippen MR) is 41.5 cm³/mol. The third kappa shape index (κ3) is 0.778. The molecule has 0 saturated carbocycles. The highest BCUT2D eigenvalue weighted by Crippen LogP contribution is 2.08. The van der Waals surface area contributed by atoms with Crippen LogP contribution in [0.5, 0.6) is 0 Å². The van der Waals surface area contributed by atoms with E-state index in [-0.39, 0.29) is 0 Å². The van der Waals surface area contributed by atoms with Crippen LogP contribution in [0.1, 0.15) is 0 Å². The maximum Gasteiger partial charge on any atom is 0.251 e. The molecular weight excluding hydrogens is 124 g/mol. The van der Waals surface area contributed by atoms with Crippen molar-refractivity contribution >= 4 is 6.21 Å². The van der Waals surface area contributed by atoms with E-state index < -0.39 is 0 Å². The van der Waals surface area contributed by atoms with Gasteiger partial charge in [0.2, 0.25) is 6.20 Å². The molecular formula is C8H8N2+. The molecule has 0 aromatic heterocycles. The van der Waals surface area contributed by atoms with Crippen molar-refractivity contribution < 1.29 is 0 Å². The number of allylic oxidation sites excluding steroid dienone is 3. The fraction of sp³-hybridized carbons (Fsp3) is 0.125. The molecule has 0 aromatic rings. The Bertz CT molecular complexity index is 256. The van der Waals surface area contributed by atoms with Gasteiger partial charge in [0.1, 0.15) is 0 Å². The summed E-state index contributed by atoms with van der Waals surface area (Å²) in [5.74, 6) is 0. The molecule has 0 spiro atoms. The van der Waals surface area contributed by atoms with Crippen LogP contribution >= 0.6 is 0 Å². The van der Waals surface area contributed by atoms with Crippen LogP contribution < -0.4 is 10.3 Å². The normalized spacial score (nSPS) is 20.8. The van der Waals surface area contributed by atoms with Crippen molar-refractivity contribution in [2.45, 2.75) is 0 Å². The van der Waals surface area contributed by atoms with Gasteiger partial charge in [0.25, 0.3) is 6.21 Å². The van der Waals surface area contributed by atoms with Gasteiger partial charge in [-0.1, -0.05) is 6.08 Å². The molecule has 0 bridgehead atoms. The minimum absolute atomic E-state index is 0.928. The maximum absolute atomic E-state index is 4.01. The first kappa shape index (κ1) is 5.47. The molecule has 0 saturated heterocycles. The Balaban J connectivity index is 2.43. The van der Waals surface area contributed by atoms with E-state index >= 15 is 0 Å². The Morgan fingerprint density at radius 3 is 3.30 bits per heavy atom. The summed E-state index contributed by atoms with van der Waals surface area (Å²) < 4.78 is 0. The monoisotopic (exact) mass is 132 g/mol. The second kappa shape index (κ2) is 2.14. The Hall–Kier alpha value is -1.31. The summed E-state index contributed by atoms with van der Waals surface area (Å²) in [4.78, 5) is 4.01. The molecule has 0 aliphatic carbocycles. The molecule has 2 heterocycles. The highest BCUT2D eigenvalue weighted by atomic mass is 14.9. The lowest BCUT2D eigenvalue weighted by Crippen LogP contribution is -2.19. The van der Waals surface area contributed by atoms with E-state index in [4.69, 9.17) is 0 Å². The summed E-state index contributed by atoms with van der Waals surface area (Å²) in [6.07, 6.45) is 9.81. The average Bonchev–Trinajstić information content (AvgIpc) is 2.05. The number of hydrogen-bond acceptors (Lipinski definition) is 2. The summed E-state index contributed by atoms with van der Waals surface area (Å²) in [5.41, 5.74) is 2.35. The zero-order valence-electron chi connectivity index (χ0n) is 5.54. The van der Waals surface area contributed by atoms with E-state index in [0.29, 0.717) is 0 Å². The molecule has 1 N–H and O–H groups in total. The summed E-state index contributed by atoms with van der Waals surface area (Å²) >= 11 is 0.